The number of nitrogens with zero attached hydrogens (tertiary/aromatic N) is 2. The van der Waals surface area contributed by atoms with Crippen molar-refractivity contribution in [2.45, 2.75) is 45.6 Å². The molecular formula is C18H27N3O4. The molecule has 0 radical (unpaired) electrons. The Morgan fingerprint density at radius 2 is 1.96 bits per heavy atom. The number of likely N-dealkylation sites (tertiary alicyclic amines) is 1. The van der Waals surface area contributed by atoms with Gasteiger partial charge in [0, 0.05) is 25.4 Å². The van der Waals surface area contributed by atoms with Crippen LogP contribution in [-0.4, -0.2) is 47.2 Å². The topological polar surface area (TPSA) is 94.7 Å². The molecule has 1 aromatic heterocycles. The molecule has 0 aliphatic carbocycles. The summed E-state index contributed by atoms with van der Waals surface area (Å²) < 4.78 is 11.0. The second-order valence-electron chi connectivity index (χ2n) is 7.30. The monoisotopic (exact) mass is 349 g/mol. The zero-order valence-corrected chi connectivity index (χ0v) is 15.2. The van der Waals surface area contributed by atoms with E-state index >= 15 is 0 Å². The van der Waals surface area contributed by atoms with Crippen LogP contribution >= 0.6 is 0 Å². The number of amides is 2. The molecule has 1 fully saturated rings. The highest BCUT2D eigenvalue weighted by Crippen LogP contribution is 2.22. The molecule has 2 N–H and O–H groups in total. The zero-order chi connectivity index (χ0) is 18.4. The minimum Gasteiger partial charge on any atom is -0.478 e. The molecule has 0 unspecified atom stereocenters. The second-order valence-corrected chi connectivity index (χ2v) is 7.30. The van der Waals surface area contributed by atoms with Crippen molar-refractivity contribution in [2.75, 3.05) is 19.7 Å². The molecule has 1 aliphatic heterocycles. The number of rotatable bonds is 5. The Hall–Kier alpha value is -2.31. The van der Waals surface area contributed by atoms with Gasteiger partial charge in [-0.3, -0.25) is 4.79 Å². The highest BCUT2D eigenvalue weighted by atomic mass is 16.6. The maximum atomic E-state index is 12.0. The number of nitrogens with two attached hydrogens (primary N) is 1. The lowest BCUT2D eigenvalue weighted by Gasteiger charge is -2.33. The third-order valence-corrected chi connectivity index (χ3v) is 4.06. The first-order valence-electron chi connectivity index (χ1n) is 8.61. The summed E-state index contributed by atoms with van der Waals surface area (Å²) in [5, 5.41) is 0. The van der Waals surface area contributed by atoms with Gasteiger partial charge in [-0.15, -0.1) is 0 Å². The van der Waals surface area contributed by atoms with Crippen LogP contribution in [0, 0.1) is 5.92 Å². The van der Waals surface area contributed by atoms with E-state index in [0.717, 1.165) is 19.3 Å². The van der Waals surface area contributed by atoms with Gasteiger partial charge in [0.1, 0.15) is 5.60 Å². The van der Waals surface area contributed by atoms with Crippen molar-refractivity contribution < 1.29 is 19.1 Å². The number of piperidine rings is 1. The lowest BCUT2D eigenvalue weighted by molar-refractivity contribution is 0.0177. The summed E-state index contributed by atoms with van der Waals surface area (Å²) >= 11 is 0. The molecule has 2 heterocycles. The first-order chi connectivity index (χ1) is 11.7. The van der Waals surface area contributed by atoms with Gasteiger partial charge in [-0.2, -0.15) is 0 Å². The summed E-state index contributed by atoms with van der Waals surface area (Å²) in [5.41, 5.74) is 5.07. The smallest absolute Gasteiger partial charge is 0.410 e. The maximum Gasteiger partial charge on any atom is 0.410 e. The van der Waals surface area contributed by atoms with Gasteiger partial charge in [0.2, 0.25) is 11.8 Å². The Bertz CT molecular complexity index is 587. The van der Waals surface area contributed by atoms with Gasteiger partial charge in [-0.25, -0.2) is 9.78 Å². The van der Waals surface area contributed by atoms with Crippen LogP contribution < -0.4 is 10.5 Å². The van der Waals surface area contributed by atoms with Crippen LogP contribution in [0.2, 0.25) is 0 Å². The number of hydrogen-bond donors (Lipinski definition) is 1. The van der Waals surface area contributed by atoms with E-state index in [-0.39, 0.29) is 6.09 Å². The largest absolute Gasteiger partial charge is 0.478 e. The number of ether oxygens (including phenoxy) is 2. The molecule has 7 nitrogen and oxygen atoms in total. The van der Waals surface area contributed by atoms with E-state index in [4.69, 9.17) is 15.2 Å². The second kappa shape index (κ2) is 8.18. The predicted molar refractivity (Wildman–Crippen MR) is 93.4 cm³/mol. The van der Waals surface area contributed by atoms with Gasteiger partial charge in [-0.05, 0) is 52.0 Å². The average molecular weight is 349 g/mol. The van der Waals surface area contributed by atoms with Gasteiger partial charge in [0.25, 0.3) is 0 Å². The highest BCUT2D eigenvalue weighted by molar-refractivity contribution is 5.92. The number of hydrogen-bond acceptors (Lipinski definition) is 5. The third-order valence-electron chi connectivity index (χ3n) is 4.06. The Balaban J connectivity index is 1.68. The normalized spacial score (nSPS) is 15.7. The van der Waals surface area contributed by atoms with Crippen LogP contribution in [0.3, 0.4) is 0 Å². The number of aromatic nitrogens is 1. The van der Waals surface area contributed by atoms with Crippen molar-refractivity contribution in [3.8, 4) is 5.88 Å². The summed E-state index contributed by atoms with van der Waals surface area (Å²) in [5.74, 6) is 0.496. The molecule has 0 atom stereocenters. The van der Waals surface area contributed by atoms with Gasteiger partial charge in [0.05, 0.1) is 12.2 Å². The van der Waals surface area contributed by atoms with Gasteiger partial charge >= 0.3 is 6.09 Å². The fourth-order valence-corrected chi connectivity index (χ4v) is 2.67. The molecule has 138 valence electrons. The summed E-state index contributed by atoms with van der Waals surface area (Å²) in [6.45, 7) is 7.60. The summed E-state index contributed by atoms with van der Waals surface area (Å²) in [6.07, 6.45) is 3.96. The summed E-state index contributed by atoms with van der Waals surface area (Å²) in [6, 6.07) is 3.25. The van der Waals surface area contributed by atoms with Crippen molar-refractivity contribution in [3.05, 3.63) is 23.9 Å². The van der Waals surface area contributed by atoms with Crippen molar-refractivity contribution in [2.24, 2.45) is 11.7 Å². The van der Waals surface area contributed by atoms with Crippen LogP contribution in [0.4, 0.5) is 4.79 Å². The van der Waals surface area contributed by atoms with Crippen LogP contribution in [-0.2, 0) is 4.74 Å². The molecule has 0 aromatic carbocycles. The lowest BCUT2D eigenvalue weighted by Crippen LogP contribution is -2.41. The lowest BCUT2D eigenvalue weighted by atomic mass is 9.94. The number of primary amides is 1. The maximum absolute atomic E-state index is 12.0. The Kier molecular flexibility index (Phi) is 6.22. The van der Waals surface area contributed by atoms with Gasteiger partial charge in [0.15, 0.2) is 0 Å². The zero-order valence-electron chi connectivity index (χ0n) is 15.2. The molecule has 0 spiro atoms. The van der Waals surface area contributed by atoms with E-state index in [2.05, 4.69) is 4.98 Å². The van der Waals surface area contributed by atoms with E-state index in [1.54, 1.807) is 17.0 Å². The van der Waals surface area contributed by atoms with Gasteiger partial charge in [-0.1, -0.05) is 0 Å². The molecule has 0 saturated carbocycles. The van der Waals surface area contributed by atoms with E-state index in [1.165, 1.54) is 6.20 Å². The molecule has 2 amide bonds. The first-order valence-corrected chi connectivity index (χ1v) is 8.61. The minimum atomic E-state index is -0.504. The van der Waals surface area contributed by atoms with Crippen molar-refractivity contribution >= 4 is 12.0 Å². The fourth-order valence-electron chi connectivity index (χ4n) is 2.67. The van der Waals surface area contributed by atoms with Crippen LogP contribution in [0.1, 0.15) is 50.4 Å². The molecule has 7 heteroatoms. The van der Waals surface area contributed by atoms with Gasteiger partial charge < -0.3 is 20.1 Å². The van der Waals surface area contributed by atoms with E-state index in [9.17, 15) is 9.59 Å². The Morgan fingerprint density at radius 3 is 2.48 bits per heavy atom. The fraction of sp³-hybridized carbons (Fsp3) is 0.611. The quantitative estimate of drug-likeness (QED) is 0.881. The summed E-state index contributed by atoms with van der Waals surface area (Å²) in [7, 11) is 0. The SMILES string of the molecule is CC(C)(C)OC(=O)N1CCC(CCOc2ccc(C(N)=O)cn2)CC1. The standard InChI is InChI=1S/C18H27N3O4/c1-18(2,3)25-17(23)21-9-6-13(7-10-21)8-11-24-15-5-4-14(12-20-15)16(19)22/h4-5,12-13H,6-11H2,1-3H3,(H2,19,22). The van der Waals surface area contributed by atoms with Crippen LogP contribution in [0.25, 0.3) is 0 Å². The molecule has 1 aliphatic rings. The molecular weight excluding hydrogens is 322 g/mol. The number of carbonyl (C=O) groups excluding carboxylic acids is 2. The van der Waals surface area contributed by atoms with Crippen LogP contribution in [0.5, 0.6) is 5.88 Å². The molecule has 2 rings (SSSR count). The number of carbonyl (C=O) groups is 2. The van der Waals surface area contributed by atoms with E-state index < -0.39 is 11.5 Å². The van der Waals surface area contributed by atoms with Crippen molar-refractivity contribution in [1.82, 2.24) is 9.88 Å². The van der Waals surface area contributed by atoms with Crippen molar-refractivity contribution in [3.63, 3.8) is 0 Å². The first kappa shape index (κ1) is 19.0. The third kappa shape index (κ3) is 6.25. The minimum absolute atomic E-state index is 0.235. The summed E-state index contributed by atoms with van der Waals surface area (Å²) in [4.78, 5) is 28.9. The highest BCUT2D eigenvalue weighted by Gasteiger charge is 2.26. The Morgan fingerprint density at radius 1 is 1.28 bits per heavy atom. The van der Waals surface area contributed by atoms with Crippen LogP contribution in [0.15, 0.2) is 18.3 Å². The number of pyridine rings is 1. The van der Waals surface area contributed by atoms with Crippen molar-refractivity contribution in [1.29, 1.82) is 0 Å². The van der Waals surface area contributed by atoms with E-state index in [0.29, 0.717) is 37.1 Å². The molecule has 1 aromatic rings. The van der Waals surface area contributed by atoms with E-state index in [1.807, 2.05) is 20.8 Å². The Labute approximate surface area is 148 Å². The average Bonchev–Trinajstić information content (AvgIpc) is 2.54. The molecule has 0 bridgehead atoms. The predicted octanol–water partition coefficient (Wildman–Crippen LogP) is 2.60. The molecule has 25 heavy (non-hydrogen) atoms. The molecule has 1 saturated heterocycles.